The summed E-state index contributed by atoms with van der Waals surface area (Å²) >= 11 is 1.84. The van der Waals surface area contributed by atoms with E-state index in [0.29, 0.717) is 0 Å². The van der Waals surface area contributed by atoms with Crippen molar-refractivity contribution < 1.29 is 0 Å². The van der Waals surface area contributed by atoms with Crippen molar-refractivity contribution in [2.75, 3.05) is 5.32 Å². The summed E-state index contributed by atoms with van der Waals surface area (Å²) in [5, 5.41) is 11.6. The molecule has 1 unspecified atom stereocenters. The lowest BCUT2D eigenvalue weighted by Gasteiger charge is -2.26. The SMILES string of the molecule is CC1(C)c2ccccc2-c2ccc(C3=NC(c4ccc([C@@H]5CCc6cc7ccccc7cc6-c6ccc7ccccc7c65)cc4)c4c(sc5ccccc45)N3)cc21. The number of hydrogen-bond donors (Lipinski definition) is 1. The van der Waals surface area contributed by atoms with Crippen molar-refractivity contribution in [1.29, 1.82) is 0 Å². The van der Waals surface area contributed by atoms with Crippen molar-refractivity contribution in [3.05, 3.63) is 208 Å². The molecule has 2 atom stereocenters. The van der Waals surface area contributed by atoms with Crippen LogP contribution in [0.3, 0.4) is 0 Å². The lowest BCUT2D eigenvalue weighted by molar-refractivity contribution is 0.660. The van der Waals surface area contributed by atoms with E-state index >= 15 is 0 Å². The third-order valence-electron chi connectivity index (χ3n) is 13.2. The number of nitrogens with zero attached hydrogens (tertiary/aromatic N) is 1. The van der Waals surface area contributed by atoms with Crippen molar-refractivity contribution in [3.8, 4) is 22.3 Å². The van der Waals surface area contributed by atoms with E-state index in [4.69, 9.17) is 4.99 Å². The highest BCUT2D eigenvalue weighted by molar-refractivity contribution is 7.23. The minimum Gasteiger partial charge on any atom is -0.331 e. The fraction of sp³-hybridized carbons (Fsp3) is 0.130. The zero-order valence-electron chi connectivity index (χ0n) is 32.0. The summed E-state index contributed by atoms with van der Waals surface area (Å²) in [6.07, 6.45) is 2.09. The highest BCUT2D eigenvalue weighted by Crippen LogP contribution is 2.51. The molecular weight excluding hydrogens is 709 g/mol. The molecule has 12 rings (SSSR count). The van der Waals surface area contributed by atoms with Gasteiger partial charge in [-0.25, -0.2) is 0 Å². The first-order valence-corrected chi connectivity index (χ1v) is 21.1. The van der Waals surface area contributed by atoms with Crippen LogP contribution in [0.2, 0.25) is 0 Å². The summed E-state index contributed by atoms with van der Waals surface area (Å²) in [4.78, 5) is 5.61. The molecule has 0 fully saturated rings. The van der Waals surface area contributed by atoms with Gasteiger partial charge in [0, 0.05) is 32.5 Å². The molecule has 0 bridgehead atoms. The number of fused-ring (bicyclic) bond motifs is 12. The Morgan fingerprint density at radius 1 is 0.561 bits per heavy atom. The molecule has 0 saturated carbocycles. The van der Waals surface area contributed by atoms with Crippen LogP contribution in [0.15, 0.2) is 169 Å². The third-order valence-corrected chi connectivity index (χ3v) is 14.3. The summed E-state index contributed by atoms with van der Waals surface area (Å²) in [6.45, 7) is 4.70. The Balaban J connectivity index is 0.976. The number of anilines is 1. The second-order valence-corrected chi connectivity index (χ2v) is 17.7. The van der Waals surface area contributed by atoms with Gasteiger partial charge < -0.3 is 5.32 Å². The summed E-state index contributed by atoms with van der Waals surface area (Å²) in [5.74, 6) is 1.20. The summed E-state index contributed by atoms with van der Waals surface area (Å²) < 4.78 is 1.28. The predicted molar refractivity (Wildman–Crippen MR) is 241 cm³/mol. The number of aliphatic imine (C=N–C) groups is 1. The van der Waals surface area contributed by atoms with E-state index in [-0.39, 0.29) is 17.4 Å². The second-order valence-electron chi connectivity index (χ2n) is 16.6. The molecule has 1 N–H and O–H groups in total. The summed E-state index contributed by atoms with van der Waals surface area (Å²) in [6, 6.07) is 61.3. The van der Waals surface area contributed by atoms with Crippen LogP contribution in [0.1, 0.15) is 76.7 Å². The van der Waals surface area contributed by atoms with Crippen LogP contribution in [0.25, 0.3) is 53.9 Å². The van der Waals surface area contributed by atoms with E-state index in [0.717, 1.165) is 24.2 Å². The normalized spacial score (nSPS) is 17.5. The Bertz CT molecular complexity index is 3150. The number of amidine groups is 1. The van der Waals surface area contributed by atoms with E-state index in [1.807, 2.05) is 11.3 Å². The molecule has 2 heterocycles. The van der Waals surface area contributed by atoms with Gasteiger partial charge in [-0.1, -0.05) is 159 Å². The minimum atomic E-state index is -0.126. The van der Waals surface area contributed by atoms with Gasteiger partial charge in [0.15, 0.2) is 0 Å². The van der Waals surface area contributed by atoms with E-state index in [1.54, 1.807) is 0 Å². The van der Waals surface area contributed by atoms with Gasteiger partial charge in [0.1, 0.15) is 16.9 Å². The molecule has 0 radical (unpaired) electrons. The number of aryl methyl sites for hydroxylation is 1. The Labute approximate surface area is 337 Å². The monoisotopic (exact) mass is 748 g/mol. The average Bonchev–Trinajstić information content (AvgIpc) is 3.68. The van der Waals surface area contributed by atoms with Crippen LogP contribution >= 0.6 is 11.3 Å². The molecule has 1 aliphatic heterocycles. The Morgan fingerprint density at radius 2 is 1.25 bits per heavy atom. The smallest absolute Gasteiger partial charge is 0.134 e. The number of rotatable bonds is 3. The second kappa shape index (κ2) is 12.4. The highest BCUT2D eigenvalue weighted by atomic mass is 32.1. The summed E-state index contributed by atoms with van der Waals surface area (Å²) in [7, 11) is 0. The first-order valence-electron chi connectivity index (χ1n) is 20.2. The molecule has 8 aromatic carbocycles. The largest absolute Gasteiger partial charge is 0.331 e. The predicted octanol–water partition coefficient (Wildman–Crippen LogP) is 14.2. The number of thiophene rings is 1. The van der Waals surface area contributed by atoms with Crippen LogP contribution in [-0.2, 0) is 11.8 Å². The Morgan fingerprint density at radius 3 is 2.11 bits per heavy atom. The first-order chi connectivity index (χ1) is 28.0. The Kier molecular flexibility index (Phi) is 7.13. The topological polar surface area (TPSA) is 24.4 Å². The lowest BCUT2D eigenvalue weighted by Crippen LogP contribution is -2.22. The molecule has 0 spiro atoms. The van der Waals surface area contributed by atoms with Crippen molar-refractivity contribution in [2.45, 2.75) is 44.1 Å². The van der Waals surface area contributed by atoms with Crippen molar-refractivity contribution in [3.63, 3.8) is 0 Å². The van der Waals surface area contributed by atoms with Gasteiger partial charge in [0.25, 0.3) is 0 Å². The fourth-order valence-electron chi connectivity index (χ4n) is 10.3. The lowest BCUT2D eigenvalue weighted by atomic mass is 9.82. The van der Waals surface area contributed by atoms with Gasteiger partial charge in [-0.05, 0) is 108 Å². The maximum absolute atomic E-state index is 5.61. The first kappa shape index (κ1) is 32.9. The van der Waals surface area contributed by atoms with Gasteiger partial charge in [-0.3, -0.25) is 4.99 Å². The van der Waals surface area contributed by atoms with Crippen molar-refractivity contribution in [2.24, 2.45) is 4.99 Å². The number of nitrogens with one attached hydrogen (secondary N) is 1. The quantitative estimate of drug-likeness (QED) is 0.191. The van der Waals surface area contributed by atoms with Crippen LogP contribution in [0, 0.1) is 0 Å². The molecule has 1 aromatic heterocycles. The fourth-order valence-corrected chi connectivity index (χ4v) is 11.5. The van der Waals surface area contributed by atoms with E-state index < -0.39 is 0 Å². The zero-order chi connectivity index (χ0) is 37.8. The van der Waals surface area contributed by atoms with Crippen LogP contribution in [0.4, 0.5) is 5.00 Å². The number of hydrogen-bond acceptors (Lipinski definition) is 3. The van der Waals surface area contributed by atoms with Gasteiger partial charge in [-0.15, -0.1) is 11.3 Å². The zero-order valence-corrected chi connectivity index (χ0v) is 32.8. The summed E-state index contributed by atoms with van der Waals surface area (Å²) in [5.41, 5.74) is 16.0. The van der Waals surface area contributed by atoms with Gasteiger partial charge in [-0.2, -0.15) is 0 Å². The van der Waals surface area contributed by atoms with Crippen molar-refractivity contribution in [1.82, 2.24) is 0 Å². The van der Waals surface area contributed by atoms with Gasteiger partial charge in [0.05, 0.1) is 0 Å². The highest BCUT2D eigenvalue weighted by Gasteiger charge is 2.36. The maximum Gasteiger partial charge on any atom is 0.134 e. The van der Waals surface area contributed by atoms with Crippen LogP contribution in [0.5, 0.6) is 0 Å². The molecule has 0 amide bonds. The van der Waals surface area contributed by atoms with Crippen molar-refractivity contribution >= 4 is 53.8 Å². The number of benzene rings is 8. The Hall–Kier alpha value is -6.29. The molecule has 2 aliphatic carbocycles. The van der Waals surface area contributed by atoms with Crippen LogP contribution < -0.4 is 5.32 Å². The van der Waals surface area contributed by atoms with Gasteiger partial charge in [0.2, 0.25) is 0 Å². The molecule has 9 aromatic rings. The van der Waals surface area contributed by atoms with Gasteiger partial charge >= 0.3 is 0 Å². The van der Waals surface area contributed by atoms with E-state index in [9.17, 15) is 0 Å². The van der Waals surface area contributed by atoms with E-state index in [2.05, 4.69) is 183 Å². The molecule has 57 heavy (non-hydrogen) atoms. The molecule has 2 nitrogen and oxygen atoms in total. The maximum atomic E-state index is 5.61. The third kappa shape index (κ3) is 4.98. The molecule has 3 aliphatic rings. The van der Waals surface area contributed by atoms with Crippen LogP contribution in [-0.4, -0.2) is 5.84 Å². The standard InChI is InChI=1S/C54H40N2S/c1-54(2)46-17-9-7-15-41(46)42-27-25-38(31-47(42)54)52-55-51(50-44-16-8-10-18-48(44)57-53(50)56-52)34-21-19-33(20-22-34)40-26-24-37-29-35-12-3-4-13-36(35)30-45(37)43-28-23-32-11-5-6-14-39(32)49(40)43/h3-23,25,27-31,40,51H,24,26H2,1-2H3,(H,55,56)/t40-,51?/m0/s1. The average molecular weight is 749 g/mol. The molecular formula is C54H40N2S. The van der Waals surface area contributed by atoms with E-state index in [1.165, 1.54) is 97.8 Å². The minimum absolute atomic E-state index is 0.0774. The molecule has 0 saturated heterocycles. The molecule has 272 valence electrons. The molecule has 3 heteroatoms.